The van der Waals surface area contributed by atoms with Crippen LogP contribution in [0.15, 0.2) is 0 Å². The van der Waals surface area contributed by atoms with Gasteiger partial charge < -0.3 is 10.4 Å². The standard InChI is InChI=1S/C12H22N2O2/c1-5-6-12(4,10(15)16)14-8-7-11(2,3)9-13/h14H,5-8H2,1-4H3,(H,15,16). The van der Waals surface area contributed by atoms with Crippen molar-refractivity contribution in [2.45, 2.75) is 52.5 Å². The zero-order valence-corrected chi connectivity index (χ0v) is 10.6. The van der Waals surface area contributed by atoms with Crippen LogP contribution in [0.25, 0.3) is 0 Å². The number of nitriles is 1. The van der Waals surface area contributed by atoms with Crippen molar-refractivity contribution in [2.24, 2.45) is 5.41 Å². The molecule has 0 spiro atoms. The second kappa shape index (κ2) is 5.86. The molecule has 92 valence electrons. The van der Waals surface area contributed by atoms with Crippen molar-refractivity contribution in [1.29, 1.82) is 5.26 Å². The number of nitrogens with one attached hydrogen (secondary N) is 1. The van der Waals surface area contributed by atoms with Gasteiger partial charge >= 0.3 is 5.97 Å². The van der Waals surface area contributed by atoms with Crippen LogP contribution >= 0.6 is 0 Å². The van der Waals surface area contributed by atoms with Gasteiger partial charge in [-0.2, -0.15) is 5.26 Å². The molecular formula is C12H22N2O2. The van der Waals surface area contributed by atoms with E-state index in [1.807, 2.05) is 20.8 Å². The normalized spacial score (nSPS) is 15.2. The maximum absolute atomic E-state index is 11.1. The fraction of sp³-hybridized carbons (Fsp3) is 0.833. The highest BCUT2D eigenvalue weighted by Gasteiger charge is 2.31. The van der Waals surface area contributed by atoms with Crippen molar-refractivity contribution in [2.75, 3.05) is 6.54 Å². The van der Waals surface area contributed by atoms with Gasteiger partial charge in [0.15, 0.2) is 0 Å². The molecule has 0 aromatic rings. The van der Waals surface area contributed by atoms with Crippen LogP contribution in [0.1, 0.15) is 47.0 Å². The van der Waals surface area contributed by atoms with E-state index in [1.54, 1.807) is 6.92 Å². The van der Waals surface area contributed by atoms with Crippen molar-refractivity contribution in [1.82, 2.24) is 5.32 Å². The molecule has 0 aliphatic carbocycles. The van der Waals surface area contributed by atoms with Gasteiger partial charge in [-0.25, -0.2) is 0 Å². The minimum Gasteiger partial charge on any atom is -0.480 e. The van der Waals surface area contributed by atoms with Crippen molar-refractivity contribution in [3.8, 4) is 6.07 Å². The van der Waals surface area contributed by atoms with Gasteiger partial charge in [-0.15, -0.1) is 0 Å². The summed E-state index contributed by atoms with van der Waals surface area (Å²) in [5.41, 5.74) is -1.28. The maximum atomic E-state index is 11.1. The molecule has 16 heavy (non-hydrogen) atoms. The van der Waals surface area contributed by atoms with E-state index in [-0.39, 0.29) is 0 Å². The zero-order valence-electron chi connectivity index (χ0n) is 10.6. The Morgan fingerprint density at radius 3 is 2.31 bits per heavy atom. The van der Waals surface area contributed by atoms with Crippen molar-refractivity contribution < 1.29 is 9.90 Å². The van der Waals surface area contributed by atoms with Gasteiger partial charge in [0, 0.05) is 0 Å². The molecule has 0 aliphatic rings. The molecule has 1 unspecified atom stereocenters. The number of hydrogen-bond donors (Lipinski definition) is 2. The summed E-state index contributed by atoms with van der Waals surface area (Å²) in [6.07, 6.45) is 2.06. The summed E-state index contributed by atoms with van der Waals surface area (Å²) < 4.78 is 0. The number of aliphatic carboxylic acids is 1. The lowest BCUT2D eigenvalue weighted by atomic mass is 9.90. The van der Waals surface area contributed by atoms with Gasteiger partial charge in [-0.1, -0.05) is 13.3 Å². The molecule has 0 radical (unpaired) electrons. The lowest BCUT2D eigenvalue weighted by Gasteiger charge is -2.27. The molecule has 0 aliphatic heterocycles. The van der Waals surface area contributed by atoms with E-state index < -0.39 is 16.9 Å². The predicted molar refractivity (Wildman–Crippen MR) is 63.0 cm³/mol. The topological polar surface area (TPSA) is 73.1 Å². The van der Waals surface area contributed by atoms with Crippen LogP contribution in [0.5, 0.6) is 0 Å². The summed E-state index contributed by atoms with van der Waals surface area (Å²) in [7, 11) is 0. The monoisotopic (exact) mass is 226 g/mol. The lowest BCUT2D eigenvalue weighted by molar-refractivity contribution is -0.144. The summed E-state index contributed by atoms with van der Waals surface area (Å²) in [6, 6.07) is 2.20. The summed E-state index contributed by atoms with van der Waals surface area (Å²) >= 11 is 0. The van der Waals surface area contributed by atoms with Crippen LogP contribution in [0.4, 0.5) is 0 Å². The van der Waals surface area contributed by atoms with E-state index in [4.69, 9.17) is 10.4 Å². The maximum Gasteiger partial charge on any atom is 0.323 e. The van der Waals surface area contributed by atoms with E-state index in [1.165, 1.54) is 0 Å². The molecular weight excluding hydrogens is 204 g/mol. The van der Waals surface area contributed by atoms with E-state index >= 15 is 0 Å². The number of carbonyl (C=O) groups is 1. The molecule has 0 bridgehead atoms. The highest BCUT2D eigenvalue weighted by Crippen LogP contribution is 2.19. The smallest absolute Gasteiger partial charge is 0.323 e. The number of nitrogens with zero attached hydrogens (tertiary/aromatic N) is 1. The summed E-state index contributed by atoms with van der Waals surface area (Å²) in [4.78, 5) is 11.1. The van der Waals surface area contributed by atoms with Crippen molar-refractivity contribution in [3.63, 3.8) is 0 Å². The first-order valence-electron chi connectivity index (χ1n) is 5.67. The molecule has 0 fully saturated rings. The van der Waals surface area contributed by atoms with Gasteiger partial charge in [-0.05, 0) is 40.2 Å². The molecule has 0 rings (SSSR count). The largest absolute Gasteiger partial charge is 0.480 e. The Balaban J connectivity index is 4.26. The average Bonchev–Trinajstić information content (AvgIpc) is 2.17. The fourth-order valence-electron chi connectivity index (χ4n) is 1.48. The van der Waals surface area contributed by atoms with E-state index in [0.29, 0.717) is 19.4 Å². The van der Waals surface area contributed by atoms with Gasteiger partial charge in [0.1, 0.15) is 5.54 Å². The Kier molecular flexibility index (Phi) is 5.46. The van der Waals surface area contributed by atoms with Crippen molar-refractivity contribution >= 4 is 5.97 Å². The van der Waals surface area contributed by atoms with Gasteiger partial charge in [0.2, 0.25) is 0 Å². The SMILES string of the molecule is CCCC(C)(NCCC(C)(C)C#N)C(=O)O. The first kappa shape index (κ1) is 14.9. The number of carboxylic acid groups (broad SMARTS) is 1. The number of hydrogen-bond acceptors (Lipinski definition) is 3. The summed E-state index contributed by atoms with van der Waals surface area (Å²) in [6.45, 7) is 7.91. The highest BCUT2D eigenvalue weighted by molar-refractivity contribution is 5.78. The summed E-state index contributed by atoms with van der Waals surface area (Å²) in [5, 5.41) is 21.0. The molecule has 2 N–H and O–H groups in total. The molecule has 0 heterocycles. The molecule has 0 saturated carbocycles. The van der Waals surface area contributed by atoms with Crippen molar-refractivity contribution in [3.05, 3.63) is 0 Å². The van der Waals surface area contributed by atoms with Crippen LogP contribution in [0.2, 0.25) is 0 Å². The highest BCUT2D eigenvalue weighted by atomic mass is 16.4. The molecule has 1 atom stereocenters. The third kappa shape index (κ3) is 4.63. The molecule has 4 nitrogen and oxygen atoms in total. The van der Waals surface area contributed by atoms with Crippen LogP contribution < -0.4 is 5.32 Å². The Bertz CT molecular complexity index is 281. The molecule has 4 heteroatoms. The van der Waals surface area contributed by atoms with Crippen LogP contribution in [0, 0.1) is 16.7 Å². The summed E-state index contributed by atoms with van der Waals surface area (Å²) in [5.74, 6) is -0.830. The zero-order chi connectivity index (χ0) is 12.8. The Morgan fingerprint density at radius 1 is 1.38 bits per heavy atom. The Labute approximate surface area is 97.7 Å². The quantitative estimate of drug-likeness (QED) is 0.697. The van der Waals surface area contributed by atoms with E-state index in [9.17, 15) is 4.79 Å². The lowest BCUT2D eigenvalue weighted by Crippen LogP contribution is -2.50. The van der Waals surface area contributed by atoms with Gasteiger partial charge in [-0.3, -0.25) is 4.79 Å². The minimum atomic E-state index is -0.875. The Morgan fingerprint density at radius 2 is 1.94 bits per heavy atom. The second-order valence-electron chi connectivity index (χ2n) is 5.06. The Hall–Kier alpha value is -1.08. The first-order valence-corrected chi connectivity index (χ1v) is 5.67. The number of carboxylic acids is 1. The van der Waals surface area contributed by atoms with Gasteiger partial charge in [0.05, 0.1) is 11.5 Å². The molecule has 0 saturated heterocycles. The van der Waals surface area contributed by atoms with Crippen LogP contribution in [0.3, 0.4) is 0 Å². The minimum absolute atomic E-state index is 0.404. The molecule has 0 amide bonds. The van der Waals surface area contributed by atoms with Crippen LogP contribution in [-0.4, -0.2) is 23.2 Å². The van der Waals surface area contributed by atoms with Crippen LogP contribution in [-0.2, 0) is 4.79 Å². The number of rotatable bonds is 7. The third-order valence-corrected chi connectivity index (χ3v) is 2.79. The van der Waals surface area contributed by atoms with E-state index in [0.717, 1.165) is 6.42 Å². The first-order chi connectivity index (χ1) is 7.27. The third-order valence-electron chi connectivity index (χ3n) is 2.79. The van der Waals surface area contributed by atoms with E-state index in [2.05, 4.69) is 11.4 Å². The predicted octanol–water partition coefficient (Wildman–Crippen LogP) is 2.16. The second-order valence-corrected chi connectivity index (χ2v) is 5.06. The van der Waals surface area contributed by atoms with Gasteiger partial charge in [0.25, 0.3) is 0 Å². The molecule has 0 aromatic carbocycles. The fourth-order valence-corrected chi connectivity index (χ4v) is 1.48. The average molecular weight is 226 g/mol. The molecule has 0 aromatic heterocycles.